The fourth-order valence-electron chi connectivity index (χ4n) is 2.87. The van der Waals surface area contributed by atoms with E-state index in [9.17, 15) is 4.79 Å². The molecule has 2 aromatic rings. The number of aliphatic imine (C=N–C) groups is 1. The molecule has 1 heterocycles. The van der Waals surface area contributed by atoms with E-state index in [1.54, 1.807) is 17.0 Å². The van der Waals surface area contributed by atoms with Crippen LogP contribution >= 0.6 is 11.6 Å². The first-order valence-electron chi connectivity index (χ1n) is 8.45. The molecule has 0 saturated heterocycles. The van der Waals surface area contributed by atoms with Crippen LogP contribution in [0.5, 0.6) is 0 Å². The average molecular weight is 356 g/mol. The first kappa shape index (κ1) is 17.5. The van der Waals surface area contributed by atoms with E-state index in [-0.39, 0.29) is 18.0 Å². The Labute approximate surface area is 153 Å². The number of rotatable bonds is 4. The summed E-state index contributed by atoms with van der Waals surface area (Å²) < 4.78 is 0. The van der Waals surface area contributed by atoms with E-state index in [1.165, 1.54) is 5.56 Å². The van der Waals surface area contributed by atoms with Gasteiger partial charge in [-0.25, -0.2) is 9.89 Å². The molecule has 1 unspecified atom stereocenters. The maximum Gasteiger partial charge on any atom is 0.258 e. The first-order chi connectivity index (χ1) is 12.0. The number of carbonyl (C=O) groups is 1. The normalized spacial score (nSPS) is 17.2. The molecule has 3 rings (SSSR count). The molecule has 1 aliphatic rings. The van der Waals surface area contributed by atoms with E-state index in [0.717, 1.165) is 5.69 Å². The van der Waals surface area contributed by atoms with Gasteiger partial charge in [0.05, 0.1) is 5.69 Å². The third kappa shape index (κ3) is 3.69. The minimum Gasteiger partial charge on any atom is -0.335 e. The Hall–Kier alpha value is -2.33. The topological polar surface area (TPSA) is 35.9 Å². The van der Waals surface area contributed by atoms with E-state index < -0.39 is 0 Å². The van der Waals surface area contributed by atoms with Gasteiger partial charge >= 0.3 is 0 Å². The van der Waals surface area contributed by atoms with Gasteiger partial charge in [0.2, 0.25) is 5.96 Å². The lowest BCUT2D eigenvalue weighted by Gasteiger charge is -2.33. The number of halogens is 1. The first-order valence-corrected chi connectivity index (χ1v) is 8.83. The molecule has 1 atom stereocenters. The van der Waals surface area contributed by atoms with Gasteiger partial charge in [0, 0.05) is 17.6 Å². The zero-order valence-electron chi connectivity index (χ0n) is 14.7. The largest absolute Gasteiger partial charge is 0.335 e. The standard InChI is InChI=1S/C20H22ClN3O/c1-14(2)23(13-16-7-5-4-6-8-16)20-22-15(3)19(25)24(20)18-11-9-17(21)10-12-18/h4-12,14-15H,13H2,1-3H3. The van der Waals surface area contributed by atoms with Gasteiger partial charge in [0.1, 0.15) is 6.04 Å². The highest BCUT2D eigenvalue weighted by molar-refractivity contribution is 6.30. The summed E-state index contributed by atoms with van der Waals surface area (Å²) in [5.74, 6) is 0.676. The summed E-state index contributed by atoms with van der Waals surface area (Å²) in [5.41, 5.74) is 1.97. The Morgan fingerprint density at radius 1 is 1.12 bits per heavy atom. The second kappa shape index (κ2) is 7.28. The van der Waals surface area contributed by atoms with E-state index in [4.69, 9.17) is 11.6 Å². The van der Waals surface area contributed by atoms with Crippen LogP contribution in [-0.2, 0) is 11.3 Å². The SMILES string of the molecule is CC1N=C(N(Cc2ccccc2)C(C)C)N(c2ccc(Cl)cc2)C1=O. The molecule has 0 bridgehead atoms. The zero-order chi connectivity index (χ0) is 18.0. The van der Waals surface area contributed by atoms with Crippen molar-refractivity contribution in [1.82, 2.24) is 4.90 Å². The van der Waals surface area contributed by atoms with Crippen molar-refractivity contribution in [3.8, 4) is 0 Å². The third-order valence-electron chi connectivity index (χ3n) is 4.25. The van der Waals surface area contributed by atoms with Gasteiger partial charge in [-0.05, 0) is 50.6 Å². The molecule has 130 valence electrons. The van der Waals surface area contributed by atoms with Gasteiger partial charge in [-0.15, -0.1) is 0 Å². The summed E-state index contributed by atoms with van der Waals surface area (Å²) >= 11 is 6.00. The summed E-state index contributed by atoms with van der Waals surface area (Å²) in [6.45, 7) is 6.75. The fourth-order valence-corrected chi connectivity index (χ4v) is 3.00. The van der Waals surface area contributed by atoms with Crippen molar-refractivity contribution in [2.24, 2.45) is 4.99 Å². The van der Waals surface area contributed by atoms with Crippen LogP contribution in [0.3, 0.4) is 0 Å². The van der Waals surface area contributed by atoms with Crippen molar-refractivity contribution in [2.45, 2.75) is 39.4 Å². The van der Waals surface area contributed by atoms with Gasteiger partial charge in [-0.1, -0.05) is 41.9 Å². The van der Waals surface area contributed by atoms with Crippen LogP contribution in [0, 0.1) is 0 Å². The minimum atomic E-state index is -0.386. The smallest absolute Gasteiger partial charge is 0.258 e. The van der Waals surface area contributed by atoms with Crippen LogP contribution in [0.4, 0.5) is 5.69 Å². The second-order valence-electron chi connectivity index (χ2n) is 6.46. The lowest BCUT2D eigenvalue weighted by Crippen LogP contribution is -2.47. The predicted octanol–water partition coefficient (Wildman–Crippen LogP) is 4.34. The minimum absolute atomic E-state index is 0.0176. The number of benzene rings is 2. The number of hydrogen-bond acceptors (Lipinski definition) is 3. The molecule has 0 aliphatic carbocycles. The molecule has 5 heteroatoms. The quantitative estimate of drug-likeness (QED) is 0.817. The lowest BCUT2D eigenvalue weighted by atomic mass is 10.2. The van der Waals surface area contributed by atoms with Crippen LogP contribution in [0.1, 0.15) is 26.3 Å². The Morgan fingerprint density at radius 2 is 1.76 bits per heavy atom. The Bertz CT molecular complexity index is 771. The Kier molecular flexibility index (Phi) is 5.09. The summed E-state index contributed by atoms with van der Waals surface area (Å²) in [6, 6.07) is 17.3. The second-order valence-corrected chi connectivity index (χ2v) is 6.90. The zero-order valence-corrected chi connectivity index (χ0v) is 15.4. The number of guanidine groups is 1. The highest BCUT2D eigenvalue weighted by atomic mass is 35.5. The highest BCUT2D eigenvalue weighted by Gasteiger charge is 2.36. The molecule has 1 amide bonds. The maximum atomic E-state index is 12.7. The van der Waals surface area contributed by atoms with Crippen molar-refractivity contribution in [2.75, 3.05) is 4.90 Å². The van der Waals surface area contributed by atoms with E-state index in [2.05, 4.69) is 35.9 Å². The molecule has 1 aliphatic heterocycles. The molecule has 2 aromatic carbocycles. The molecular formula is C20H22ClN3O. The molecule has 25 heavy (non-hydrogen) atoms. The van der Waals surface area contributed by atoms with Gasteiger partial charge in [-0.3, -0.25) is 4.79 Å². The van der Waals surface area contributed by atoms with Gasteiger partial charge in [0.15, 0.2) is 0 Å². The van der Waals surface area contributed by atoms with Crippen molar-refractivity contribution in [3.05, 3.63) is 65.2 Å². The summed E-state index contributed by atoms with van der Waals surface area (Å²) in [5, 5.41) is 0.645. The number of nitrogens with zero attached hydrogens (tertiary/aromatic N) is 3. The van der Waals surface area contributed by atoms with Crippen LogP contribution in [0.2, 0.25) is 5.02 Å². The number of carbonyl (C=O) groups excluding carboxylic acids is 1. The number of hydrogen-bond donors (Lipinski definition) is 0. The van der Waals surface area contributed by atoms with Gasteiger partial charge < -0.3 is 4.90 Å². The molecule has 4 nitrogen and oxygen atoms in total. The maximum absolute atomic E-state index is 12.7. The molecule has 0 saturated carbocycles. The van der Waals surface area contributed by atoms with Crippen molar-refractivity contribution < 1.29 is 4.79 Å². The van der Waals surface area contributed by atoms with E-state index >= 15 is 0 Å². The van der Waals surface area contributed by atoms with E-state index in [0.29, 0.717) is 17.5 Å². The molecule has 0 aromatic heterocycles. The third-order valence-corrected chi connectivity index (χ3v) is 4.50. The summed E-state index contributed by atoms with van der Waals surface area (Å²) in [7, 11) is 0. The molecular weight excluding hydrogens is 334 g/mol. The van der Waals surface area contributed by atoms with E-state index in [1.807, 2.05) is 37.3 Å². The average Bonchev–Trinajstić information content (AvgIpc) is 2.89. The van der Waals surface area contributed by atoms with Crippen molar-refractivity contribution in [1.29, 1.82) is 0 Å². The Morgan fingerprint density at radius 3 is 2.36 bits per heavy atom. The van der Waals surface area contributed by atoms with Crippen LogP contribution in [0.15, 0.2) is 59.6 Å². The van der Waals surface area contributed by atoms with Gasteiger partial charge in [0.25, 0.3) is 5.91 Å². The molecule has 0 spiro atoms. The summed E-state index contributed by atoms with van der Waals surface area (Å²) in [4.78, 5) is 21.2. The fraction of sp³-hybridized carbons (Fsp3) is 0.300. The predicted molar refractivity (Wildman–Crippen MR) is 103 cm³/mol. The molecule has 0 radical (unpaired) electrons. The van der Waals surface area contributed by atoms with Crippen molar-refractivity contribution in [3.63, 3.8) is 0 Å². The monoisotopic (exact) mass is 355 g/mol. The summed E-state index contributed by atoms with van der Waals surface area (Å²) in [6.07, 6.45) is 0. The van der Waals surface area contributed by atoms with Crippen LogP contribution < -0.4 is 4.90 Å². The van der Waals surface area contributed by atoms with Crippen LogP contribution in [-0.4, -0.2) is 28.9 Å². The van der Waals surface area contributed by atoms with Crippen LogP contribution in [0.25, 0.3) is 0 Å². The number of anilines is 1. The number of amides is 1. The highest BCUT2D eigenvalue weighted by Crippen LogP contribution is 2.26. The lowest BCUT2D eigenvalue weighted by molar-refractivity contribution is -0.117. The Balaban J connectivity index is 1.96. The van der Waals surface area contributed by atoms with Gasteiger partial charge in [-0.2, -0.15) is 0 Å². The molecule has 0 N–H and O–H groups in total. The van der Waals surface area contributed by atoms with Crippen molar-refractivity contribution >= 4 is 29.2 Å². The molecule has 0 fully saturated rings.